The van der Waals surface area contributed by atoms with Gasteiger partial charge in [-0.05, 0) is 24.3 Å². The fraction of sp³-hybridized carbons (Fsp3) is 0.143. The van der Waals surface area contributed by atoms with Gasteiger partial charge in [0.25, 0.3) is 0 Å². The van der Waals surface area contributed by atoms with Crippen LogP contribution >= 0.6 is 0 Å². The van der Waals surface area contributed by atoms with Crippen LogP contribution in [0.2, 0.25) is 0 Å². The summed E-state index contributed by atoms with van der Waals surface area (Å²) in [6, 6.07) is 10.4. The van der Waals surface area contributed by atoms with Crippen molar-refractivity contribution in [3.63, 3.8) is 0 Å². The molecule has 5 heteroatoms. The third kappa shape index (κ3) is 3.22. The van der Waals surface area contributed by atoms with E-state index in [-0.39, 0.29) is 12.5 Å². The maximum Gasteiger partial charge on any atom is 0.339 e. The molecular formula is C14H14N2O3. The van der Waals surface area contributed by atoms with Crippen molar-refractivity contribution in [1.82, 2.24) is 4.57 Å². The number of hydrogen-bond acceptors (Lipinski definition) is 3. The number of carbonyl (C=O) groups is 2. The van der Waals surface area contributed by atoms with Crippen LogP contribution in [0.15, 0.2) is 48.8 Å². The van der Waals surface area contributed by atoms with Gasteiger partial charge in [0.1, 0.15) is 6.54 Å². The molecular weight excluding hydrogens is 244 g/mol. The van der Waals surface area contributed by atoms with Crippen LogP contribution in [0.5, 0.6) is 0 Å². The van der Waals surface area contributed by atoms with E-state index in [1.807, 2.05) is 12.1 Å². The first kappa shape index (κ1) is 12.9. The van der Waals surface area contributed by atoms with Crippen LogP contribution in [0, 0.1) is 0 Å². The quantitative estimate of drug-likeness (QED) is 0.852. The van der Waals surface area contributed by atoms with Crippen LogP contribution in [0.3, 0.4) is 0 Å². The summed E-state index contributed by atoms with van der Waals surface area (Å²) in [5, 5.41) is 2.70. The van der Waals surface area contributed by atoms with Crippen molar-refractivity contribution in [2.75, 3.05) is 12.4 Å². The maximum atomic E-state index is 11.9. The van der Waals surface area contributed by atoms with Crippen molar-refractivity contribution in [2.45, 2.75) is 6.54 Å². The second-order valence-corrected chi connectivity index (χ2v) is 3.94. The zero-order chi connectivity index (χ0) is 13.7. The van der Waals surface area contributed by atoms with E-state index in [2.05, 4.69) is 10.1 Å². The van der Waals surface area contributed by atoms with Gasteiger partial charge in [0.2, 0.25) is 5.91 Å². The number of benzene rings is 1. The number of esters is 1. The Hall–Kier alpha value is -2.56. The van der Waals surface area contributed by atoms with Crippen LogP contribution in [0.1, 0.15) is 10.4 Å². The monoisotopic (exact) mass is 258 g/mol. The molecule has 0 aliphatic carbocycles. The van der Waals surface area contributed by atoms with E-state index < -0.39 is 5.97 Å². The van der Waals surface area contributed by atoms with Gasteiger partial charge in [0.15, 0.2) is 0 Å². The average Bonchev–Trinajstić information content (AvgIpc) is 2.91. The van der Waals surface area contributed by atoms with E-state index in [9.17, 15) is 9.59 Å². The number of aromatic nitrogens is 1. The number of nitrogens with zero attached hydrogens (tertiary/aromatic N) is 1. The first-order valence-corrected chi connectivity index (χ1v) is 5.78. The lowest BCUT2D eigenvalue weighted by Crippen LogP contribution is -2.19. The van der Waals surface area contributed by atoms with Crippen LogP contribution in [-0.4, -0.2) is 23.6 Å². The number of para-hydroxylation sites is 1. The molecule has 1 heterocycles. The van der Waals surface area contributed by atoms with Gasteiger partial charge in [-0.2, -0.15) is 0 Å². The van der Waals surface area contributed by atoms with E-state index in [0.717, 1.165) is 0 Å². The van der Waals surface area contributed by atoms with Gasteiger partial charge in [0, 0.05) is 12.4 Å². The molecule has 0 fully saturated rings. The van der Waals surface area contributed by atoms with Crippen molar-refractivity contribution >= 4 is 17.6 Å². The Morgan fingerprint density at radius 3 is 2.53 bits per heavy atom. The third-order valence-corrected chi connectivity index (χ3v) is 2.60. The molecule has 0 aliphatic heterocycles. The highest BCUT2D eigenvalue weighted by atomic mass is 16.5. The van der Waals surface area contributed by atoms with Gasteiger partial charge >= 0.3 is 5.97 Å². The van der Waals surface area contributed by atoms with Gasteiger partial charge in [-0.15, -0.1) is 0 Å². The number of amides is 1. The smallest absolute Gasteiger partial charge is 0.339 e. The molecule has 0 radical (unpaired) electrons. The summed E-state index contributed by atoms with van der Waals surface area (Å²) in [6.07, 6.45) is 3.59. The highest BCUT2D eigenvalue weighted by Crippen LogP contribution is 2.16. The highest BCUT2D eigenvalue weighted by molar-refractivity contribution is 6.01. The SMILES string of the molecule is COC(=O)c1ccccc1NC(=O)Cn1cccc1. The number of carbonyl (C=O) groups excluding carboxylic acids is 2. The lowest BCUT2D eigenvalue weighted by molar-refractivity contribution is -0.116. The van der Waals surface area contributed by atoms with E-state index in [0.29, 0.717) is 11.3 Å². The predicted molar refractivity (Wildman–Crippen MR) is 70.8 cm³/mol. The lowest BCUT2D eigenvalue weighted by Gasteiger charge is -2.09. The Bertz CT molecular complexity index is 576. The Balaban J connectivity index is 2.10. The number of anilines is 1. The number of rotatable bonds is 4. The summed E-state index contributed by atoms with van der Waals surface area (Å²) >= 11 is 0. The van der Waals surface area contributed by atoms with E-state index >= 15 is 0 Å². The van der Waals surface area contributed by atoms with Gasteiger partial charge in [0.05, 0.1) is 18.4 Å². The first-order valence-electron chi connectivity index (χ1n) is 5.78. The summed E-state index contributed by atoms with van der Waals surface area (Å²) in [5.41, 5.74) is 0.789. The first-order chi connectivity index (χ1) is 9.20. The molecule has 1 aromatic heterocycles. The van der Waals surface area contributed by atoms with Gasteiger partial charge < -0.3 is 14.6 Å². The molecule has 0 spiro atoms. The van der Waals surface area contributed by atoms with Crippen molar-refractivity contribution in [3.05, 3.63) is 54.4 Å². The molecule has 0 unspecified atom stereocenters. The second kappa shape index (κ2) is 5.86. The van der Waals surface area contributed by atoms with E-state index in [1.54, 1.807) is 41.2 Å². The van der Waals surface area contributed by atoms with Crippen LogP contribution in [0.25, 0.3) is 0 Å². The Morgan fingerprint density at radius 1 is 1.16 bits per heavy atom. The zero-order valence-corrected chi connectivity index (χ0v) is 10.5. The zero-order valence-electron chi connectivity index (χ0n) is 10.5. The minimum absolute atomic E-state index is 0.197. The molecule has 0 saturated heterocycles. The largest absolute Gasteiger partial charge is 0.465 e. The second-order valence-electron chi connectivity index (χ2n) is 3.94. The van der Waals surface area contributed by atoms with Crippen molar-refractivity contribution in [1.29, 1.82) is 0 Å². The predicted octanol–water partition coefficient (Wildman–Crippen LogP) is 1.91. The summed E-state index contributed by atoms with van der Waals surface area (Å²) < 4.78 is 6.42. The van der Waals surface area contributed by atoms with Crippen LogP contribution in [-0.2, 0) is 16.1 Å². The van der Waals surface area contributed by atoms with Crippen molar-refractivity contribution < 1.29 is 14.3 Å². The highest BCUT2D eigenvalue weighted by Gasteiger charge is 2.13. The molecule has 5 nitrogen and oxygen atoms in total. The maximum absolute atomic E-state index is 11.9. The summed E-state index contributed by atoms with van der Waals surface area (Å²) in [6.45, 7) is 0.197. The fourth-order valence-corrected chi connectivity index (χ4v) is 1.71. The normalized spacial score (nSPS) is 9.95. The Kier molecular flexibility index (Phi) is 3.97. The average molecular weight is 258 g/mol. The minimum Gasteiger partial charge on any atom is -0.465 e. The van der Waals surface area contributed by atoms with Crippen molar-refractivity contribution in [2.24, 2.45) is 0 Å². The van der Waals surface area contributed by atoms with Crippen LogP contribution < -0.4 is 5.32 Å². The molecule has 19 heavy (non-hydrogen) atoms. The van der Waals surface area contributed by atoms with Crippen molar-refractivity contribution in [3.8, 4) is 0 Å². The molecule has 0 saturated carbocycles. The Labute approximate surface area is 110 Å². The van der Waals surface area contributed by atoms with Crippen LogP contribution in [0.4, 0.5) is 5.69 Å². The number of hydrogen-bond donors (Lipinski definition) is 1. The van der Waals surface area contributed by atoms with Gasteiger partial charge in [-0.25, -0.2) is 4.79 Å². The molecule has 2 rings (SSSR count). The molecule has 0 aliphatic rings. The minimum atomic E-state index is -0.475. The standard InChI is InChI=1S/C14H14N2O3/c1-19-14(18)11-6-2-3-7-12(11)15-13(17)10-16-8-4-5-9-16/h2-9H,10H2,1H3,(H,15,17). The molecule has 1 N–H and O–H groups in total. The third-order valence-electron chi connectivity index (χ3n) is 2.60. The van der Waals surface area contributed by atoms with Gasteiger partial charge in [-0.1, -0.05) is 12.1 Å². The summed E-state index contributed by atoms with van der Waals surface area (Å²) in [7, 11) is 1.31. The molecule has 1 amide bonds. The summed E-state index contributed by atoms with van der Waals surface area (Å²) in [4.78, 5) is 23.4. The lowest BCUT2D eigenvalue weighted by atomic mass is 10.2. The van der Waals surface area contributed by atoms with E-state index in [1.165, 1.54) is 7.11 Å². The van der Waals surface area contributed by atoms with E-state index in [4.69, 9.17) is 0 Å². The Morgan fingerprint density at radius 2 is 1.84 bits per heavy atom. The number of methoxy groups -OCH3 is 1. The molecule has 1 aromatic carbocycles. The molecule has 2 aromatic rings. The fourth-order valence-electron chi connectivity index (χ4n) is 1.71. The summed E-state index contributed by atoms with van der Waals surface area (Å²) in [5.74, 6) is -0.676. The molecule has 0 atom stereocenters. The van der Waals surface area contributed by atoms with Gasteiger partial charge in [-0.3, -0.25) is 4.79 Å². The number of nitrogens with one attached hydrogen (secondary N) is 1. The molecule has 0 bridgehead atoms. The number of ether oxygens (including phenoxy) is 1. The topological polar surface area (TPSA) is 60.3 Å². The molecule has 98 valence electrons.